The van der Waals surface area contributed by atoms with Gasteiger partial charge in [0.25, 0.3) is 0 Å². The Morgan fingerprint density at radius 3 is 2.43 bits per heavy atom. The Morgan fingerprint density at radius 1 is 1.23 bits per heavy atom. The van der Waals surface area contributed by atoms with Crippen molar-refractivity contribution in [3.8, 4) is 0 Å². The molecule has 1 rings (SSSR count). The van der Waals surface area contributed by atoms with Crippen LogP contribution in [0.3, 0.4) is 0 Å². The van der Waals surface area contributed by atoms with Crippen LogP contribution >= 0.6 is 0 Å². The highest BCUT2D eigenvalue weighted by Gasteiger charge is 2.51. The fourth-order valence-electron chi connectivity index (χ4n) is 4.14. The fourth-order valence-corrected chi connectivity index (χ4v) is 4.14. The smallest absolute Gasteiger partial charge is 0.302 e. The van der Waals surface area contributed by atoms with Crippen molar-refractivity contribution in [3.05, 3.63) is 23.3 Å². The van der Waals surface area contributed by atoms with Gasteiger partial charge in [0.15, 0.2) is 5.79 Å². The van der Waals surface area contributed by atoms with Gasteiger partial charge in [0.1, 0.15) is 18.0 Å². The monoisotopic (exact) mass is 424 g/mol. The van der Waals surface area contributed by atoms with E-state index in [2.05, 4.69) is 13.0 Å². The molecule has 1 heterocycles. The summed E-state index contributed by atoms with van der Waals surface area (Å²) in [5.74, 6) is -0.921. The number of esters is 1. The van der Waals surface area contributed by atoms with Crippen molar-refractivity contribution >= 4 is 12.3 Å². The number of rotatable bonds is 11. The fraction of sp³-hybridized carbons (Fsp3) is 0.750. The molecule has 3 atom stereocenters. The number of ether oxygens (including phenoxy) is 4. The predicted molar refractivity (Wildman–Crippen MR) is 117 cm³/mol. The molecule has 6 heteroatoms. The van der Waals surface area contributed by atoms with Gasteiger partial charge in [-0.15, -0.1) is 0 Å². The largest absolute Gasteiger partial charge is 0.462 e. The molecule has 0 spiro atoms. The van der Waals surface area contributed by atoms with Crippen molar-refractivity contribution in [1.82, 2.24) is 0 Å². The topological polar surface area (TPSA) is 71.1 Å². The van der Waals surface area contributed by atoms with Gasteiger partial charge in [0.2, 0.25) is 0 Å². The molecule has 0 aromatic carbocycles. The summed E-state index contributed by atoms with van der Waals surface area (Å²) in [5, 5.41) is 0. The number of aldehydes is 1. The van der Waals surface area contributed by atoms with E-state index in [-0.39, 0.29) is 18.0 Å². The van der Waals surface area contributed by atoms with Crippen LogP contribution in [0.2, 0.25) is 0 Å². The minimum atomic E-state index is -0.883. The van der Waals surface area contributed by atoms with E-state index in [0.29, 0.717) is 19.4 Å². The first kappa shape index (κ1) is 26.5. The predicted octanol–water partition coefficient (Wildman–Crippen LogP) is 4.76. The molecule has 1 fully saturated rings. The van der Waals surface area contributed by atoms with Gasteiger partial charge in [-0.05, 0) is 64.0 Å². The van der Waals surface area contributed by atoms with E-state index in [1.54, 1.807) is 20.3 Å². The molecule has 172 valence electrons. The molecule has 0 aliphatic carbocycles. The van der Waals surface area contributed by atoms with Crippen LogP contribution in [0.4, 0.5) is 0 Å². The molecule has 0 radical (unpaired) electrons. The quantitative estimate of drug-likeness (QED) is 0.156. The lowest BCUT2D eigenvalue weighted by Crippen LogP contribution is -2.55. The van der Waals surface area contributed by atoms with Gasteiger partial charge in [-0.2, -0.15) is 0 Å². The van der Waals surface area contributed by atoms with Crippen molar-refractivity contribution in [2.75, 3.05) is 20.8 Å². The lowest BCUT2D eigenvalue weighted by Gasteiger charge is -2.45. The third-order valence-electron chi connectivity index (χ3n) is 6.14. The summed E-state index contributed by atoms with van der Waals surface area (Å²) in [4.78, 5) is 22.4. The maximum Gasteiger partial charge on any atom is 0.302 e. The standard InChI is InChI=1S/C24H40O6/c1-18(2)10-11-22(30-20(4)26)19(3)9-8-14-23(5)24(27-6,28-7)15-12-21(13-16-25)17-29-23/h10,13,16,19,22H,8-9,11-12,14-15,17H2,1-7H3/t19?,22?,23-/m0/s1. The van der Waals surface area contributed by atoms with Gasteiger partial charge in [0.05, 0.1) is 6.61 Å². The van der Waals surface area contributed by atoms with Gasteiger partial charge in [0, 0.05) is 34.0 Å². The van der Waals surface area contributed by atoms with E-state index in [1.165, 1.54) is 12.5 Å². The second kappa shape index (κ2) is 12.4. The average molecular weight is 425 g/mol. The van der Waals surface area contributed by atoms with Crippen LogP contribution in [0.15, 0.2) is 23.3 Å². The third kappa shape index (κ3) is 7.33. The zero-order valence-electron chi connectivity index (χ0n) is 19.8. The molecular weight excluding hydrogens is 384 g/mol. The summed E-state index contributed by atoms with van der Waals surface area (Å²) in [6.07, 6.45) is 8.83. The van der Waals surface area contributed by atoms with Crippen LogP contribution in [0.5, 0.6) is 0 Å². The summed E-state index contributed by atoms with van der Waals surface area (Å²) < 4.78 is 23.5. The van der Waals surface area contributed by atoms with E-state index in [1.807, 2.05) is 20.8 Å². The molecule has 1 saturated heterocycles. The normalized spacial score (nSPS) is 24.6. The molecule has 0 amide bonds. The molecule has 0 N–H and O–H groups in total. The van der Waals surface area contributed by atoms with E-state index in [4.69, 9.17) is 18.9 Å². The second-order valence-corrected chi connectivity index (χ2v) is 8.68. The number of hydrogen-bond acceptors (Lipinski definition) is 6. The number of carbonyl (C=O) groups excluding carboxylic acids is 2. The van der Waals surface area contributed by atoms with E-state index in [0.717, 1.165) is 37.5 Å². The van der Waals surface area contributed by atoms with Gasteiger partial charge >= 0.3 is 5.97 Å². The Labute approximate surface area is 182 Å². The van der Waals surface area contributed by atoms with Crippen LogP contribution in [0.25, 0.3) is 0 Å². The Hall–Kier alpha value is -1.50. The first-order chi connectivity index (χ1) is 14.1. The van der Waals surface area contributed by atoms with Gasteiger partial charge in [-0.3, -0.25) is 9.59 Å². The van der Waals surface area contributed by atoms with Crippen molar-refractivity contribution < 1.29 is 28.5 Å². The van der Waals surface area contributed by atoms with Crippen molar-refractivity contribution in [3.63, 3.8) is 0 Å². The molecule has 6 nitrogen and oxygen atoms in total. The molecule has 1 aliphatic rings. The molecule has 0 aromatic rings. The maximum absolute atomic E-state index is 11.5. The lowest BCUT2D eigenvalue weighted by atomic mass is 9.84. The summed E-state index contributed by atoms with van der Waals surface area (Å²) in [7, 11) is 3.27. The van der Waals surface area contributed by atoms with Crippen LogP contribution in [0.1, 0.15) is 73.1 Å². The zero-order valence-corrected chi connectivity index (χ0v) is 19.8. The minimum absolute atomic E-state index is 0.142. The van der Waals surface area contributed by atoms with Gasteiger partial charge in [-0.25, -0.2) is 0 Å². The number of allylic oxidation sites excluding steroid dienone is 2. The lowest BCUT2D eigenvalue weighted by molar-refractivity contribution is -0.307. The van der Waals surface area contributed by atoms with Crippen LogP contribution in [0, 0.1) is 5.92 Å². The van der Waals surface area contributed by atoms with Crippen molar-refractivity contribution in [2.45, 2.75) is 90.6 Å². The highest BCUT2D eigenvalue weighted by atomic mass is 16.7. The Balaban J connectivity index is 2.86. The summed E-state index contributed by atoms with van der Waals surface area (Å²) in [6, 6.07) is 0. The first-order valence-corrected chi connectivity index (χ1v) is 10.8. The third-order valence-corrected chi connectivity index (χ3v) is 6.14. The van der Waals surface area contributed by atoms with Crippen LogP contribution in [-0.2, 0) is 28.5 Å². The molecular formula is C24H40O6. The van der Waals surface area contributed by atoms with Crippen LogP contribution in [-0.4, -0.2) is 50.6 Å². The highest BCUT2D eigenvalue weighted by molar-refractivity contribution is 5.66. The first-order valence-electron chi connectivity index (χ1n) is 10.8. The molecule has 2 unspecified atom stereocenters. The zero-order chi connectivity index (χ0) is 22.8. The maximum atomic E-state index is 11.5. The average Bonchev–Trinajstić information content (AvgIpc) is 2.82. The molecule has 0 aromatic heterocycles. The number of carbonyl (C=O) groups is 2. The Morgan fingerprint density at radius 2 is 1.90 bits per heavy atom. The van der Waals surface area contributed by atoms with Crippen LogP contribution < -0.4 is 0 Å². The van der Waals surface area contributed by atoms with Gasteiger partial charge < -0.3 is 18.9 Å². The van der Waals surface area contributed by atoms with E-state index < -0.39 is 11.4 Å². The minimum Gasteiger partial charge on any atom is -0.462 e. The van der Waals surface area contributed by atoms with Crippen molar-refractivity contribution in [2.24, 2.45) is 5.92 Å². The Kier molecular flexibility index (Phi) is 10.9. The molecule has 0 bridgehead atoms. The summed E-state index contributed by atoms with van der Waals surface area (Å²) >= 11 is 0. The van der Waals surface area contributed by atoms with Crippen molar-refractivity contribution in [1.29, 1.82) is 0 Å². The SMILES string of the molecule is COC1(OC)CCC(=CC=O)CO[C@@]1(C)CCCC(C)C(CC=C(C)C)OC(C)=O. The Bertz CT molecular complexity index is 615. The molecule has 1 aliphatic heterocycles. The summed E-state index contributed by atoms with van der Waals surface area (Å²) in [5.41, 5.74) is 1.49. The molecule has 30 heavy (non-hydrogen) atoms. The number of hydrogen-bond donors (Lipinski definition) is 0. The number of methoxy groups -OCH3 is 2. The van der Waals surface area contributed by atoms with E-state index >= 15 is 0 Å². The second-order valence-electron chi connectivity index (χ2n) is 8.68. The van der Waals surface area contributed by atoms with E-state index in [9.17, 15) is 9.59 Å². The highest BCUT2D eigenvalue weighted by Crippen LogP contribution is 2.42. The molecule has 0 saturated carbocycles. The van der Waals surface area contributed by atoms with Gasteiger partial charge in [-0.1, -0.05) is 18.6 Å². The summed E-state index contributed by atoms with van der Waals surface area (Å²) in [6.45, 7) is 10.1.